The monoisotopic (exact) mass is 466 g/mol. The van der Waals surface area contributed by atoms with Gasteiger partial charge in [-0.05, 0) is 61.3 Å². The summed E-state index contributed by atoms with van der Waals surface area (Å²) in [7, 11) is 0. The molecule has 4 rings (SSSR count). The number of aliphatic hydroxyl groups excluding tert-OH is 1. The van der Waals surface area contributed by atoms with Gasteiger partial charge in [0.1, 0.15) is 11.1 Å². The van der Waals surface area contributed by atoms with Crippen molar-refractivity contribution in [1.29, 1.82) is 5.26 Å². The SMILES string of the molecule is N#Cc1c(NC(=O)C=Cc2cccnc2)sc2c1CCC(COC(=O)N1CCC[C@H]1CO)C2. The molecule has 1 fully saturated rings. The van der Waals surface area contributed by atoms with Crippen LogP contribution in [0, 0.1) is 17.2 Å². The van der Waals surface area contributed by atoms with Crippen molar-refractivity contribution in [2.24, 2.45) is 5.92 Å². The van der Waals surface area contributed by atoms with Crippen molar-refractivity contribution in [1.82, 2.24) is 9.88 Å². The molecule has 2 aromatic heterocycles. The highest BCUT2D eigenvalue weighted by Gasteiger charge is 2.31. The van der Waals surface area contributed by atoms with Gasteiger partial charge in [-0.15, -0.1) is 11.3 Å². The third-order valence-electron chi connectivity index (χ3n) is 6.09. The summed E-state index contributed by atoms with van der Waals surface area (Å²) in [6, 6.07) is 5.74. The summed E-state index contributed by atoms with van der Waals surface area (Å²) in [6.45, 7) is 0.885. The Kier molecular flexibility index (Phi) is 7.37. The van der Waals surface area contributed by atoms with Gasteiger partial charge in [0.25, 0.3) is 0 Å². The fourth-order valence-corrected chi connectivity index (χ4v) is 5.66. The number of thiophene rings is 1. The first-order valence-electron chi connectivity index (χ1n) is 11.1. The van der Waals surface area contributed by atoms with Crippen LogP contribution in [0.1, 0.15) is 40.8 Å². The standard InChI is InChI=1S/C24H26N4O4S/c25-12-20-19-7-5-17(15-32-24(31)28-10-2-4-18(28)14-29)11-21(19)33-23(20)27-22(30)8-6-16-3-1-9-26-13-16/h1,3,6,8-9,13,17-18,29H,2,4-5,7,10-11,14-15H2,(H,27,30)/t17?,18-/m0/s1. The minimum atomic E-state index is -0.366. The van der Waals surface area contributed by atoms with E-state index in [9.17, 15) is 20.0 Å². The maximum atomic E-state index is 12.4. The Bertz CT molecular complexity index is 1080. The van der Waals surface area contributed by atoms with Crippen molar-refractivity contribution in [2.75, 3.05) is 25.1 Å². The molecule has 0 bridgehead atoms. The lowest BCUT2D eigenvalue weighted by atomic mass is 9.88. The lowest BCUT2D eigenvalue weighted by molar-refractivity contribution is -0.111. The van der Waals surface area contributed by atoms with Crippen LogP contribution in [-0.2, 0) is 22.4 Å². The van der Waals surface area contributed by atoms with Gasteiger partial charge in [-0.1, -0.05) is 6.07 Å². The Hall–Kier alpha value is -3.22. The summed E-state index contributed by atoms with van der Waals surface area (Å²) in [5, 5.41) is 22.5. The molecule has 8 nitrogen and oxygen atoms in total. The third-order valence-corrected chi connectivity index (χ3v) is 7.26. The summed E-state index contributed by atoms with van der Waals surface area (Å²) >= 11 is 1.42. The van der Waals surface area contributed by atoms with Gasteiger partial charge in [0.15, 0.2) is 0 Å². The molecule has 3 heterocycles. The molecular formula is C24H26N4O4S. The number of rotatable bonds is 6. The number of likely N-dealkylation sites (tertiary alicyclic amines) is 1. The van der Waals surface area contributed by atoms with E-state index in [-0.39, 0.29) is 30.6 Å². The predicted octanol–water partition coefficient (Wildman–Crippen LogP) is 3.36. The highest BCUT2D eigenvalue weighted by atomic mass is 32.1. The number of aliphatic hydroxyl groups is 1. The Balaban J connectivity index is 1.36. The van der Waals surface area contributed by atoms with Gasteiger partial charge >= 0.3 is 6.09 Å². The molecule has 2 aliphatic rings. The van der Waals surface area contributed by atoms with Crippen LogP contribution in [0.2, 0.25) is 0 Å². The van der Waals surface area contributed by atoms with Crippen molar-refractivity contribution >= 4 is 34.4 Å². The van der Waals surface area contributed by atoms with Crippen molar-refractivity contribution in [3.05, 3.63) is 52.2 Å². The van der Waals surface area contributed by atoms with Gasteiger partial charge < -0.3 is 20.1 Å². The molecule has 9 heteroatoms. The maximum Gasteiger partial charge on any atom is 0.410 e. The zero-order chi connectivity index (χ0) is 23.2. The number of nitrogens with zero attached hydrogens (tertiary/aromatic N) is 3. The smallest absolute Gasteiger partial charge is 0.410 e. The number of fused-ring (bicyclic) bond motifs is 1. The zero-order valence-electron chi connectivity index (χ0n) is 18.2. The van der Waals surface area contributed by atoms with Crippen LogP contribution in [-0.4, -0.2) is 52.8 Å². The summed E-state index contributed by atoms with van der Waals surface area (Å²) in [5.41, 5.74) is 2.32. The molecule has 2 atom stereocenters. The first-order valence-corrected chi connectivity index (χ1v) is 11.9. The molecule has 2 aromatic rings. The number of amides is 2. The van der Waals surface area contributed by atoms with Gasteiger partial charge in [0, 0.05) is 29.9 Å². The van der Waals surface area contributed by atoms with Crippen LogP contribution in [0.4, 0.5) is 9.80 Å². The molecule has 172 valence electrons. The molecule has 0 saturated carbocycles. The van der Waals surface area contributed by atoms with Crippen LogP contribution < -0.4 is 5.32 Å². The first kappa shape index (κ1) is 23.0. The molecule has 2 N–H and O–H groups in total. The molecule has 1 saturated heterocycles. The maximum absolute atomic E-state index is 12.4. The molecule has 2 amide bonds. The number of carbonyl (C=O) groups excluding carboxylic acids is 2. The van der Waals surface area contributed by atoms with E-state index in [2.05, 4.69) is 16.4 Å². The Morgan fingerprint density at radius 3 is 3.06 bits per heavy atom. The fraction of sp³-hybridized carbons (Fsp3) is 0.417. The number of nitrogens with one attached hydrogen (secondary N) is 1. The molecule has 1 aliphatic heterocycles. The second kappa shape index (κ2) is 10.6. The summed E-state index contributed by atoms with van der Waals surface area (Å²) in [5.74, 6) is -0.140. The van der Waals surface area contributed by atoms with E-state index in [0.29, 0.717) is 36.6 Å². The number of hydrogen-bond acceptors (Lipinski definition) is 7. The minimum absolute atomic E-state index is 0.0417. The van der Waals surface area contributed by atoms with Crippen LogP contribution >= 0.6 is 11.3 Å². The Morgan fingerprint density at radius 2 is 2.30 bits per heavy atom. The number of carbonyl (C=O) groups is 2. The van der Waals surface area contributed by atoms with Gasteiger partial charge in [-0.3, -0.25) is 9.78 Å². The lowest BCUT2D eigenvalue weighted by Gasteiger charge is -2.25. The summed E-state index contributed by atoms with van der Waals surface area (Å²) < 4.78 is 5.55. The van der Waals surface area contributed by atoms with E-state index in [0.717, 1.165) is 35.3 Å². The van der Waals surface area contributed by atoms with E-state index >= 15 is 0 Å². The van der Waals surface area contributed by atoms with Crippen molar-refractivity contribution in [3.8, 4) is 6.07 Å². The third kappa shape index (κ3) is 5.41. The van der Waals surface area contributed by atoms with Crippen molar-refractivity contribution < 1.29 is 19.4 Å². The molecule has 0 aromatic carbocycles. The number of hydrogen-bond donors (Lipinski definition) is 2. The Labute approximate surface area is 196 Å². The normalized spacial score (nSPS) is 19.8. The van der Waals surface area contributed by atoms with E-state index in [1.165, 1.54) is 17.4 Å². The highest BCUT2D eigenvalue weighted by molar-refractivity contribution is 7.16. The molecule has 33 heavy (non-hydrogen) atoms. The first-order chi connectivity index (χ1) is 16.1. The van der Waals surface area contributed by atoms with Crippen molar-refractivity contribution in [3.63, 3.8) is 0 Å². The predicted molar refractivity (Wildman–Crippen MR) is 125 cm³/mol. The minimum Gasteiger partial charge on any atom is -0.449 e. The topological polar surface area (TPSA) is 116 Å². The second-order valence-corrected chi connectivity index (χ2v) is 9.39. The van der Waals surface area contributed by atoms with Crippen LogP contribution in [0.15, 0.2) is 30.6 Å². The number of anilines is 1. The van der Waals surface area contributed by atoms with E-state index in [1.54, 1.807) is 29.4 Å². The average molecular weight is 467 g/mol. The number of nitriles is 1. The van der Waals surface area contributed by atoms with Crippen molar-refractivity contribution in [2.45, 2.75) is 38.1 Å². The molecule has 0 radical (unpaired) electrons. The van der Waals surface area contributed by atoms with Gasteiger partial charge in [-0.25, -0.2) is 4.79 Å². The van der Waals surface area contributed by atoms with Gasteiger partial charge in [0.2, 0.25) is 5.91 Å². The van der Waals surface area contributed by atoms with Crippen LogP contribution in [0.5, 0.6) is 0 Å². The van der Waals surface area contributed by atoms with E-state index in [4.69, 9.17) is 4.74 Å². The van der Waals surface area contributed by atoms with Gasteiger partial charge in [0.05, 0.1) is 24.8 Å². The van der Waals surface area contributed by atoms with Gasteiger partial charge in [-0.2, -0.15) is 5.26 Å². The number of ether oxygens (including phenoxy) is 1. The summed E-state index contributed by atoms with van der Waals surface area (Å²) in [4.78, 5) is 31.5. The molecular weight excluding hydrogens is 440 g/mol. The quantitative estimate of drug-likeness (QED) is 0.631. The molecule has 0 spiro atoms. The molecule has 1 aliphatic carbocycles. The van der Waals surface area contributed by atoms with Crippen LogP contribution in [0.25, 0.3) is 6.08 Å². The number of aromatic nitrogens is 1. The second-order valence-electron chi connectivity index (χ2n) is 8.29. The number of pyridine rings is 1. The van der Waals surface area contributed by atoms with E-state index < -0.39 is 0 Å². The Morgan fingerprint density at radius 1 is 1.42 bits per heavy atom. The fourth-order valence-electron chi connectivity index (χ4n) is 4.34. The highest BCUT2D eigenvalue weighted by Crippen LogP contribution is 2.39. The largest absolute Gasteiger partial charge is 0.449 e. The van der Waals surface area contributed by atoms with Crippen LogP contribution in [0.3, 0.4) is 0 Å². The lowest BCUT2D eigenvalue weighted by Crippen LogP contribution is -2.38. The van der Waals surface area contributed by atoms with E-state index in [1.807, 2.05) is 6.07 Å². The zero-order valence-corrected chi connectivity index (χ0v) is 19.0. The average Bonchev–Trinajstić information content (AvgIpc) is 3.45. The molecule has 1 unspecified atom stereocenters. The summed E-state index contributed by atoms with van der Waals surface area (Å²) in [6.07, 6.45) is 9.97.